The van der Waals surface area contributed by atoms with Gasteiger partial charge in [0, 0.05) is 52.9 Å². The van der Waals surface area contributed by atoms with Crippen molar-refractivity contribution in [2.45, 2.75) is 19.8 Å². The summed E-state index contributed by atoms with van der Waals surface area (Å²) in [6.45, 7) is 12.3. The Morgan fingerprint density at radius 2 is 1.86 bits per heavy atom. The fraction of sp³-hybridized carbons (Fsp3) is 0.609. The average Bonchev–Trinajstić information content (AvgIpc) is 3.18. The molecule has 0 radical (unpaired) electrons. The van der Waals surface area contributed by atoms with Gasteiger partial charge < -0.3 is 15.1 Å². The number of nitrogens with zero attached hydrogens (tertiary/aromatic N) is 4. The molecular formula is C23H38IN5. The molecule has 0 bridgehead atoms. The number of hydrogen-bond acceptors (Lipinski definition) is 3. The third kappa shape index (κ3) is 7.90. The smallest absolute Gasteiger partial charge is 0.193 e. The monoisotopic (exact) mass is 511 g/mol. The van der Waals surface area contributed by atoms with Gasteiger partial charge in [0.1, 0.15) is 0 Å². The van der Waals surface area contributed by atoms with Gasteiger partial charge in [-0.3, -0.25) is 9.89 Å². The maximum absolute atomic E-state index is 4.54. The topological polar surface area (TPSA) is 34.1 Å². The largest absolute Gasteiger partial charge is 0.356 e. The predicted molar refractivity (Wildman–Crippen MR) is 135 cm³/mol. The summed E-state index contributed by atoms with van der Waals surface area (Å²) in [5.41, 5.74) is 1.27. The molecule has 0 aliphatic carbocycles. The fourth-order valence-electron chi connectivity index (χ4n) is 4.21. The summed E-state index contributed by atoms with van der Waals surface area (Å²) in [5.74, 6) is 1.83. The van der Waals surface area contributed by atoms with Gasteiger partial charge in [0.2, 0.25) is 0 Å². The molecular weight excluding hydrogens is 473 g/mol. The lowest BCUT2D eigenvalue weighted by Gasteiger charge is -2.36. The summed E-state index contributed by atoms with van der Waals surface area (Å²) in [6, 6.07) is 10.5. The van der Waals surface area contributed by atoms with E-state index < -0.39 is 0 Å². The number of nitrogens with one attached hydrogen (secondary N) is 1. The summed E-state index contributed by atoms with van der Waals surface area (Å²) in [7, 11) is 1.91. The molecule has 1 unspecified atom stereocenters. The first-order valence-corrected chi connectivity index (χ1v) is 10.9. The van der Waals surface area contributed by atoms with Gasteiger partial charge in [-0.25, -0.2) is 0 Å². The second kappa shape index (κ2) is 13.2. The van der Waals surface area contributed by atoms with Crippen LogP contribution in [0, 0.1) is 5.92 Å². The Bertz CT molecular complexity index is 625. The van der Waals surface area contributed by atoms with Crippen molar-refractivity contribution in [3.8, 4) is 0 Å². The van der Waals surface area contributed by atoms with Gasteiger partial charge >= 0.3 is 0 Å². The van der Waals surface area contributed by atoms with E-state index in [-0.39, 0.29) is 24.0 Å². The first-order chi connectivity index (χ1) is 13.8. The van der Waals surface area contributed by atoms with Gasteiger partial charge in [-0.15, -0.1) is 24.0 Å². The molecule has 2 aliphatic rings. The highest BCUT2D eigenvalue weighted by atomic mass is 127. The van der Waals surface area contributed by atoms with Crippen molar-refractivity contribution in [3.05, 3.63) is 42.0 Å². The van der Waals surface area contributed by atoms with E-state index in [1.54, 1.807) is 0 Å². The summed E-state index contributed by atoms with van der Waals surface area (Å²) >= 11 is 0. The van der Waals surface area contributed by atoms with E-state index >= 15 is 0 Å². The van der Waals surface area contributed by atoms with Crippen LogP contribution in [-0.2, 0) is 0 Å². The molecule has 29 heavy (non-hydrogen) atoms. The Kier molecular flexibility index (Phi) is 11.0. The molecule has 5 nitrogen and oxygen atoms in total. The summed E-state index contributed by atoms with van der Waals surface area (Å²) in [6.07, 6.45) is 7.06. The molecule has 1 atom stereocenters. The molecule has 2 saturated heterocycles. The number of likely N-dealkylation sites (tertiary alicyclic amines) is 1. The Hall–Kier alpha value is -1.12. The number of aliphatic imine (C=N–C) groups is 1. The number of benzene rings is 1. The van der Waals surface area contributed by atoms with E-state index in [1.165, 1.54) is 38.0 Å². The highest BCUT2D eigenvalue weighted by Gasteiger charge is 2.23. The Balaban J connectivity index is 0.00000300. The van der Waals surface area contributed by atoms with Crippen LogP contribution in [0.4, 0.5) is 0 Å². The minimum atomic E-state index is 0. The Morgan fingerprint density at radius 1 is 1.10 bits per heavy atom. The third-order valence-electron chi connectivity index (χ3n) is 5.82. The molecule has 2 fully saturated rings. The third-order valence-corrected chi connectivity index (χ3v) is 5.82. The molecule has 0 spiro atoms. The SMILES string of the molecule is CCCN1CCC(CNC(=NC)N2CCN(C/C=C/c3ccccc3)CC2)C1.I. The molecule has 1 aromatic carbocycles. The van der Waals surface area contributed by atoms with Crippen molar-refractivity contribution in [2.75, 3.05) is 66.0 Å². The molecule has 3 rings (SSSR count). The van der Waals surface area contributed by atoms with Crippen LogP contribution >= 0.6 is 24.0 Å². The van der Waals surface area contributed by atoms with Crippen LogP contribution in [0.2, 0.25) is 0 Å². The molecule has 2 heterocycles. The van der Waals surface area contributed by atoms with Gasteiger partial charge in [0.05, 0.1) is 0 Å². The van der Waals surface area contributed by atoms with Crippen molar-refractivity contribution >= 4 is 36.0 Å². The van der Waals surface area contributed by atoms with E-state index in [9.17, 15) is 0 Å². The first kappa shape index (κ1) is 24.2. The minimum Gasteiger partial charge on any atom is -0.356 e. The Morgan fingerprint density at radius 3 is 2.55 bits per heavy atom. The van der Waals surface area contributed by atoms with Crippen molar-refractivity contribution < 1.29 is 0 Å². The number of rotatable bonds is 7. The maximum Gasteiger partial charge on any atom is 0.193 e. The van der Waals surface area contributed by atoms with Gasteiger partial charge in [0.15, 0.2) is 5.96 Å². The molecule has 1 N–H and O–H groups in total. The zero-order valence-corrected chi connectivity index (χ0v) is 20.4. The zero-order chi connectivity index (χ0) is 19.6. The number of hydrogen-bond donors (Lipinski definition) is 1. The molecule has 2 aliphatic heterocycles. The summed E-state index contributed by atoms with van der Waals surface area (Å²) in [4.78, 5) is 12.1. The van der Waals surface area contributed by atoms with E-state index in [2.05, 4.69) is 74.4 Å². The quantitative estimate of drug-likeness (QED) is 0.347. The molecule has 1 aromatic rings. The van der Waals surface area contributed by atoms with Crippen LogP contribution in [0.5, 0.6) is 0 Å². The highest BCUT2D eigenvalue weighted by Crippen LogP contribution is 2.15. The number of guanidine groups is 1. The predicted octanol–water partition coefficient (Wildman–Crippen LogP) is 3.24. The van der Waals surface area contributed by atoms with E-state index in [1.807, 2.05) is 7.05 Å². The van der Waals surface area contributed by atoms with Gasteiger partial charge in [0.25, 0.3) is 0 Å². The van der Waals surface area contributed by atoms with E-state index in [0.717, 1.165) is 51.1 Å². The maximum atomic E-state index is 4.54. The van der Waals surface area contributed by atoms with Crippen LogP contribution in [0.1, 0.15) is 25.3 Å². The van der Waals surface area contributed by atoms with Crippen molar-refractivity contribution in [1.82, 2.24) is 20.0 Å². The molecule has 6 heteroatoms. The number of piperazine rings is 1. The van der Waals surface area contributed by atoms with Crippen LogP contribution in [0.3, 0.4) is 0 Å². The zero-order valence-electron chi connectivity index (χ0n) is 18.1. The Labute approximate surface area is 194 Å². The second-order valence-corrected chi connectivity index (χ2v) is 7.98. The van der Waals surface area contributed by atoms with E-state index in [4.69, 9.17) is 0 Å². The normalized spacial score (nSPS) is 21.5. The minimum absolute atomic E-state index is 0. The van der Waals surface area contributed by atoms with Crippen LogP contribution in [-0.4, -0.2) is 86.6 Å². The molecule has 0 saturated carbocycles. The standard InChI is InChI=1S/C23H37N5.HI/c1-3-12-27-14-11-22(20-27)19-25-23(24-2)28-17-15-26(16-18-28)13-7-10-21-8-5-4-6-9-21;/h4-10,22H,3,11-20H2,1-2H3,(H,24,25);1H/b10-7+;. The van der Waals surface area contributed by atoms with Gasteiger partial charge in [-0.1, -0.05) is 49.4 Å². The highest BCUT2D eigenvalue weighted by molar-refractivity contribution is 14.0. The van der Waals surface area contributed by atoms with Crippen molar-refractivity contribution in [2.24, 2.45) is 10.9 Å². The van der Waals surface area contributed by atoms with E-state index in [0.29, 0.717) is 0 Å². The summed E-state index contributed by atoms with van der Waals surface area (Å²) in [5, 5.41) is 3.64. The molecule has 162 valence electrons. The molecule has 0 amide bonds. The summed E-state index contributed by atoms with van der Waals surface area (Å²) < 4.78 is 0. The lowest BCUT2D eigenvalue weighted by atomic mass is 10.1. The van der Waals surface area contributed by atoms with Crippen LogP contribution in [0.15, 0.2) is 41.4 Å². The first-order valence-electron chi connectivity index (χ1n) is 10.9. The van der Waals surface area contributed by atoms with Gasteiger partial charge in [-0.2, -0.15) is 0 Å². The fourth-order valence-corrected chi connectivity index (χ4v) is 4.21. The lowest BCUT2D eigenvalue weighted by molar-refractivity contribution is 0.194. The van der Waals surface area contributed by atoms with Crippen LogP contribution in [0.25, 0.3) is 6.08 Å². The molecule has 0 aromatic heterocycles. The van der Waals surface area contributed by atoms with Crippen molar-refractivity contribution in [3.63, 3.8) is 0 Å². The van der Waals surface area contributed by atoms with Crippen LogP contribution < -0.4 is 5.32 Å². The van der Waals surface area contributed by atoms with Crippen molar-refractivity contribution in [1.29, 1.82) is 0 Å². The lowest BCUT2D eigenvalue weighted by Crippen LogP contribution is -2.53. The average molecular weight is 511 g/mol. The second-order valence-electron chi connectivity index (χ2n) is 7.98. The van der Waals surface area contributed by atoms with Gasteiger partial charge in [-0.05, 0) is 37.4 Å². The number of halogens is 1.